The topological polar surface area (TPSA) is 48.9 Å². The fraction of sp³-hybridized carbons (Fsp3) is 0.941. The van der Waals surface area contributed by atoms with E-state index in [4.69, 9.17) is 9.73 Å². The van der Waals surface area contributed by atoms with Crippen molar-refractivity contribution in [1.29, 1.82) is 0 Å². The highest BCUT2D eigenvalue weighted by Crippen LogP contribution is 2.26. The SMILES string of the molecule is CCNC(=NCC1CCCO1)NC1CCN(C2CCCC2)C1.I. The molecule has 0 aromatic heterocycles. The summed E-state index contributed by atoms with van der Waals surface area (Å²) in [6.45, 7) is 7.15. The van der Waals surface area contributed by atoms with E-state index in [1.165, 1.54) is 51.6 Å². The lowest BCUT2D eigenvalue weighted by atomic mass is 10.2. The lowest BCUT2D eigenvalue weighted by molar-refractivity contribution is 0.117. The van der Waals surface area contributed by atoms with Crippen molar-refractivity contribution in [2.75, 3.05) is 32.8 Å². The Labute approximate surface area is 158 Å². The first-order chi connectivity index (χ1) is 10.8. The zero-order valence-corrected chi connectivity index (χ0v) is 16.8. The summed E-state index contributed by atoms with van der Waals surface area (Å²) in [4.78, 5) is 7.42. The van der Waals surface area contributed by atoms with Gasteiger partial charge >= 0.3 is 0 Å². The molecule has 3 rings (SSSR count). The lowest BCUT2D eigenvalue weighted by Gasteiger charge is -2.24. The van der Waals surface area contributed by atoms with Crippen molar-refractivity contribution in [2.45, 2.75) is 70.1 Å². The predicted octanol–water partition coefficient (Wildman–Crippen LogP) is 2.36. The maximum absolute atomic E-state index is 5.67. The van der Waals surface area contributed by atoms with Crippen molar-refractivity contribution >= 4 is 29.9 Å². The maximum atomic E-state index is 5.67. The van der Waals surface area contributed by atoms with Crippen molar-refractivity contribution in [3.63, 3.8) is 0 Å². The molecule has 5 nitrogen and oxygen atoms in total. The van der Waals surface area contributed by atoms with E-state index < -0.39 is 0 Å². The van der Waals surface area contributed by atoms with E-state index in [0.717, 1.165) is 38.1 Å². The van der Waals surface area contributed by atoms with Crippen LogP contribution in [0.5, 0.6) is 0 Å². The Morgan fingerprint density at radius 2 is 2.00 bits per heavy atom. The molecule has 0 aromatic rings. The van der Waals surface area contributed by atoms with Crippen LogP contribution in [-0.4, -0.2) is 61.8 Å². The molecule has 2 atom stereocenters. The minimum absolute atomic E-state index is 0. The number of likely N-dealkylation sites (tertiary alicyclic amines) is 1. The van der Waals surface area contributed by atoms with Crippen LogP contribution in [0.4, 0.5) is 0 Å². The number of hydrogen-bond acceptors (Lipinski definition) is 3. The van der Waals surface area contributed by atoms with Gasteiger partial charge in [0.1, 0.15) is 0 Å². The normalized spacial score (nSPS) is 29.7. The van der Waals surface area contributed by atoms with Crippen molar-refractivity contribution in [3.8, 4) is 0 Å². The molecule has 2 saturated heterocycles. The van der Waals surface area contributed by atoms with E-state index in [9.17, 15) is 0 Å². The van der Waals surface area contributed by atoms with Crippen LogP contribution in [0.25, 0.3) is 0 Å². The van der Waals surface area contributed by atoms with Crippen LogP contribution in [0.15, 0.2) is 4.99 Å². The molecule has 0 spiro atoms. The summed E-state index contributed by atoms with van der Waals surface area (Å²) in [7, 11) is 0. The molecule has 0 radical (unpaired) electrons. The first-order valence-electron chi connectivity index (χ1n) is 9.25. The van der Waals surface area contributed by atoms with Gasteiger partial charge in [0.25, 0.3) is 0 Å². The first-order valence-corrected chi connectivity index (χ1v) is 9.25. The summed E-state index contributed by atoms with van der Waals surface area (Å²) >= 11 is 0. The molecule has 2 heterocycles. The Morgan fingerprint density at radius 1 is 1.17 bits per heavy atom. The fourth-order valence-electron chi connectivity index (χ4n) is 4.00. The molecule has 0 amide bonds. The third-order valence-corrected chi connectivity index (χ3v) is 5.22. The summed E-state index contributed by atoms with van der Waals surface area (Å²) in [6, 6.07) is 1.39. The molecule has 6 heteroatoms. The van der Waals surface area contributed by atoms with Crippen molar-refractivity contribution in [3.05, 3.63) is 0 Å². The number of nitrogens with zero attached hydrogens (tertiary/aromatic N) is 2. The van der Waals surface area contributed by atoms with Crippen LogP contribution in [0.1, 0.15) is 51.9 Å². The molecule has 0 aromatic carbocycles. The second kappa shape index (κ2) is 10.0. The standard InChI is InChI=1S/C17H32N4O.HI/c1-2-18-17(19-12-16-8-5-11-22-16)20-14-9-10-21(13-14)15-6-3-4-7-15;/h14-16H,2-13H2,1H3,(H2,18,19,20);1H. The number of guanidine groups is 1. The molecule has 0 bridgehead atoms. The number of rotatable bonds is 5. The molecule has 3 fully saturated rings. The van der Waals surface area contributed by atoms with E-state index in [1.54, 1.807) is 0 Å². The van der Waals surface area contributed by atoms with Crippen LogP contribution in [0.3, 0.4) is 0 Å². The van der Waals surface area contributed by atoms with Gasteiger partial charge in [0.15, 0.2) is 5.96 Å². The Morgan fingerprint density at radius 3 is 2.70 bits per heavy atom. The maximum Gasteiger partial charge on any atom is 0.191 e. The molecular formula is C17H33IN4O. The largest absolute Gasteiger partial charge is 0.376 e. The predicted molar refractivity (Wildman–Crippen MR) is 106 cm³/mol. The van der Waals surface area contributed by atoms with Crippen LogP contribution < -0.4 is 10.6 Å². The molecule has 134 valence electrons. The monoisotopic (exact) mass is 436 g/mol. The zero-order chi connectivity index (χ0) is 15.2. The lowest BCUT2D eigenvalue weighted by Crippen LogP contribution is -2.45. The van der Waals surface area contributed by atoms with E-state index in [2.05, 4.69) is 22.5 Å². The molecule has 3 aliphatic rings. The highest BCUT2D eigenvalue weighted by molar-refractivity contribution is 14.0. The van der Waals surface area contributed by atoms with Crippen LogP contribution in [0.2, 0.25) is 0 Å². The Bertz CT molecular complexity index is 368. The summed E-state index contributed by atoms with van der Waals surface area (Å²) < 4.78 is 5.67. The van der Waals surface area contributed by atoms with E-state index in [0.29, 0.717) is 12.1 Å². The number of halogens is 1. The van der Waals surface area contributed by atoms with Crippen LogP contribution >= 0.6 is 24.0 Å². The van der Waals surface area contributed by atoms with Crippen LogP contribution in [0, 0.1) is 0 Å². The second-order valence-electron chi connectivity index (χ2n) is 6.92. The van der Waals surface area contributed by atoms with Gasteiger partial charge in [0, 0.05) is 38.3 Å². The molecule has 2 N–H and O–H groups in total. The highest BCUT2D eigenvalue weighted by atomic mass is 127. The van der Waals surface area contributed by atoms with Gasteiger partial charge < -0.3 is 15.4 Å². The summed E-state index contributed by atoms with van der Waals surface area (Å²) in [6.07, 6.45) is 9.55. The number of nitrogens with one attached hydrogen (secondary N) is 2. The fourth-order valence-corrected chi connectivity index (χ4v) is 4.00. The van der Waals surface area contributed by atoms with Gasteiger partial charge in [-0.2, -0.15) is 0 Å². The van der Waals surface area contributed by atoms with Gasteiger partial charge in [0.05, 0.1) is 12.6 Å². The Balaban J connectivity index is 0.00000192. The van der Waals surface area contributed by atoms with E-state index in [1.807, 2.05) is 0 Å². The van der Waals surface area contributed by atoms with Crippen molar-refractivity contribution in [1.82, 2.24) is 15.5 Å². The van der Waals surface area contributed by atoms with Gasteiger partial charge in [-0.25, -0.2) is 0 Å². The highest BCUT2D eigenvalue weighted by Gasteiger charge is 2.30. The van der Waals surface area contributed by atoms with E-state index in [-0.39, 0.29) is 24.0 Å². The van der Waals surface area contributed by atoms with Crippen molar-refractivity contribution < 1.29 is 4.74 Å². The molecule has 1 aliphatic carbocycles. The average molecular weight is 436 g/mol. The Hall–Kier alpha value is -0.0800. The van der Waals surface area contributed by atoms with Gasteiger partial charge in [0.2, 0.25) is 0 Å². The minimum atomic E-state index is 0. The molecular weight excluding hydrogens is 403 g/mol. The summed E-state index contributed by atoms with van der Waals surface area (Å²) in [5.41, 5.74) is 0. The summed E-state index contributed by atoms with van der Waals surface area (Å²) in [5.74, 6) is 0.969. The van der Waals surface area contributed by atoms with Crippen LogP contribution in [-0.2, 0) is 4.74 Å². The molecule has 23 heavy (non-hydrogen) atoms. The zero-order valence-electron chi connectivity index (χ0n) is 14.4. The Kier molecular flexibility index (Phi) is 8.40. The van der Waals surface area contributed by atoms with Gasteiger partial charge in [-0.05, 0) is 39.0 Å². The third-order valence-electron chi connectivity index (χ3n) is 5.22. The summed E-state index contributed by atoms with van der Waals surface area (Å²) in [5, 5.41) is 7.02. The molecule has 2 aliphatic heterocycles. The molecule has 2 unspecified atom stereocenters. The van der Waals surface area contributed by atoms with Gasteiger partial charge in [-0.1, -0.05) is 12.8 Å². The van der Waals surface area contributed by atoms with E-state index >= 15 is 0 Å². The quantitative estimate of drug-likeness (QED) is 0.395. The number of hydrogen-bond donors (Lipinski definition) is 2. The van der Waals surface area contributed by atoms with Crippen molar-refractivity contribution in [2.24, 2.45) is 4.99 Å². The average Bonchev–Trinajstić information content (AvgIpc) is 3.26. The first kappa shape index (κ1) is 19.2. The van der Waals surface area contributed by atoms with Gasteiger partial charge in [-0.15, -0.1) is 24.0 Å². The third kappa shape index (κ3) is 5.74. The molecule has 1 saturated carbocycles. The smallest absolute Gasteiger partial charge is 0.191 e. The second-order valence-corrected chi connectivity index (χ2v) is 6.92. The minimum Gasteiger partial charge on any atom is -0.376 e. The number of aliphatic imine (C=N–C) groups is 1. The van der Waals surface area contributed by atoms with Gasteiger partial charge in [-0.3, -0.25) is 9.89 Å². The number of ether oxygens (including phenoxy) is 1.